The number of halogens is 1. The van der Waals surface area contributed by atoms with Gasteiger partial charge in [0.2, 0.25) is 0 Å². The van der Waals surface area contributed by atoms with Crippen molar-refractivity contribution in [2.24, 2.45) is 0 Å². The summed E-state index contributed by atoms with van der Waals surface area (Å²) in [5, 5.41) is 0. The molecule has 0 unspecified atom stereocenters. The summed E-state index contributed by atoms with van der Waals surface area (Å²) in [6, 6.07) is -0.0903. The molecule has 0 heterocycles. The summed E-state index contributed by atoms with van der Waals surface area (Å²) in [5.74, 6) is -1.69. The molecule has 0 fully saturated rings. The average Bonchev–Trinajstić information content (AvgIpc) is 1.88. The molecule has 0 radical (unpaired) electrons. The van der Waals surface area contributed by atoms with Crippen molar-refractivity contribution in [2.45, 2.75) is 19.9 Å². The first-order valence-electron chi connectivity index (χ1n) is 3.30. The number of amides is 1. The van der Waals surface area contributed by atoms with Gasteiger partial charge >= 0.3 is 0 Å². The van der Waals surface area contributed by atoms with Gasteiger partial charge in [0.25, 0.3) is 5.91 Å². The third-order valence-electron chi connectivity index (χ3n) is 1.22. The first kappa shape index (κ1) is 9.88. The largest absolute Gasteiger partial charge is 0.311 e. The zero-order chi connectivity index (χ0) is 9.02. The van der Waals surface area contributed by atoms with Crippen molar-refractivity contribution in [1.29, 1.82) is 0 Å². The van der Waals surface area contributed by atoms with Crippen molar-refractivity contribution in [3.05, 3.63) is 25.2 Å². The van der Waals surface area contributed by atoms with E-state index in [2.05, 4.69) is 13.2 Å². The van der Waals surface area contributed by atoms with Crippen LogP contribution in [0.15, 0.2) is 25.2 Å². The zero-order valence-corrected chi connectivity index (χ0v) is 6.80. The van der Waals surface area contributed by atoms with Crippen LogP contribution in [-0.4, -0.2) is 16.8 Å². The molecule has 3 heteroatoms. The predicted molar refractivity (Wildman–Crippen MR) is 42.4 cm³/mol. The third kappa shape index (κ3) is 2.53. The van der Waals surface area contributed by atoms with Crippen LogP contribution in [0.3, 0.4) is 0 Å². The second-order valence-electron chi connectivity index (χ2n) is 2.39. The topological polar surface area (TPSA) is 20.3 Å². The fourth-order valence-corrected chi connectivity index (χ4v) is 0.668. The first-order valence-corrected chi connectivity index (χ1v) is 3.30. The van der Waals surface area contributed by atoms with Gasteiger partial charge in [-0.15, -0.1) is 0 Å². The zero-order valence-electron chi connectivity index (χ0n) is 6.80. The number of hydrogen-bond acceptors (Lipinski definition) is 1. The summed E-state index contributed by atoms with van der Waals surface area (Å²) in [7, 11) is 0. The highest BCUT2D eigenvalue weighted by molar-refractivity contribution is 5.91. The molecule has 0 aromatic rings. The second-order valence-corrected chi connectivity index (χ2v) is 2.39. The molecular weight excluding hydrogens is 145 g/mol. The minimum absolute atomic E-state index is 0.0903. The molecule has 0 N–H and O–H groups in total. The Morgan fingerprint density at radius 1 is 1.64 bits per heavy atom. The van der Waals surface area contributed by atoms with Crippen LogP contribution in [0.2, 0.25) is 0 Å². The lowest BCUT2D eigenvalue weighted by Crippen LogP contribution is -2.31. The number of nitrogens with zero attached hydrogens (tertiary/aromatic N) is 1. The third-order valence-corrected chi connectivity index (χ3v) is 1.22. The molecule has 0 atom stereocenters. The molecule has 0 spiro atoms. The van der Waals surface area contributed by atoms with Gasteiger partial charge in [-0.25, -0.2) is 4.39 Å². The Bertz CT molecular complexity index is 187. The molecule has 0 aliphatic carbocycles. The Balaban J connectivity index is 4.39. The Morgan fingerprint density at radius 2 is 2.09 bits per heavy atom. The maximum absolute atomic E-state index is 12.3. The molecular formula is C8H12FNO. The summed E-state index contributed by atoms with van der Waals surface area (Å²) < 4.78 is 12.3. The van der Waals surface area contributed by atoms with Gasteiger partial charge in [0.15, 0.2) is 5.83 Å². The highest BCUT2D eigenvalue weighted by Crippen LogP contribution is 2.05. The van der Waals surface area contributed by atoms with Crippen LogP contribution in [0.4, 0.5) is 4.39 Å². The lowest BCUT2D eigenvalue weighted by molar-refractivity contribution is -0.127. The SMILES string of the molecule is C=CN(C(=O)C(=C)F)C(C)C. The van der Waals surface area contributed by atoms with Crippen molar-refractivity contribution < 1.29 is 9.18 Å². The molecule has 2 nitrogen and oxygen atoms in total. The monoisotopic (exact) mass is 157 g/mol. The van der Waals surface area contributed by atoms with Gasteiger partial charge in [-0.1, -0.05) is 13.2 Å². The van der Waals surface area contributed by atoms with E-state index < -0.39 is 11.7 Å². The number of carbonyl (C=O) groups excluding carboxylic acids is 1. The predicted octanol–water partition coefficient (Wildman–Crippen LogP) is 1.85. The maximum Gasteiger partial charge on any atom is 0.286 e. The summed E-state index contributed by atoms with van der Waals surface area (Å²) in [6.07, 6.45) is 1.29. The van der Waals surface area contributed by atoms with E-state index in [4.69, 9.17) is 0 Å². The minimum atomic E-state index is -0.960. The summed E-state index contributed by atoms with van der Waals surface area (Å²) in [5.41, 5.74) is 0. The van der Waals surface area contributed by atoms with Gasteiger partial charge < -0.3 is 4.90 Å². The van der Waals surface area contributed by atoms with E-state index in [-0.39, 0.29) is 6.04 Å². The van der Waals surface area contributed by atoms with Crippen LogP contribution in [0.1, 0.15) is 13.8 Å². The van der Waals surface area contributed by atoms with Crippen LogP contribution in [-0.2, 0) is 4.79 Å². The van der Waals surface area contributed by atoms with Gasteiger partial charge in [-0.05, 0) is 13.8 Å². The maximum atomic E-state index is 12.3. The van der Waals surface area contributed by atoms with Crippen LogP contribution >= 0.6 is 0 Å². The Hall–Kier alpha value is -1.12. The molecule has 0 aromatic carbocycles. The van der Waals surface area contributed by atoms with Crippen LogP contribution in [0, 0.1) is 0 Å². The average molecular weight is 157 g/mol. The van der Waals surface area contributed by atoms with E-state index in [0.717, 1.165) is 0 Å². The quantitative estimate of drug-likeness (QED) is 0.572. The number of hydrogen-bond donors (Lipinski definition) is 0. The summed E-state index contributed by atoms with van der Waals surface area (Å²) in [4.78, 5) is 12.1. The normalized spacial score (nSPS) is 9.45. The second kappa shape index (κ2) is 3.91. The minimum Gasteiger partial charge on any atom is -0.311 e. The summed E-state index contributed by atoms with van der Waals surface area (Å²) in [6.45, 7) is 9.82. The molecule has 0 aromatic heterocycles. The molecule has 0 rings (SSSR count). The highest BCUT2D eigenvalue weighted by atomic mass is 19.1. The molecule has 0 aliphatic heterocycles. The van der Waals surface area contributed by atoms with Crippen molar-refractivity contribution >= 4 is 5.91 Å². The molecule has 0 saturated heterocycles. The molecule has 0 bridgehead atoms. The summed E-state index contributed by atoms with van der Waals surface area (Å²) >= 11 is 0. The smallest absolute Gasteiger partial charge is 0.286 e. The van der Waals surface area contributed by atoms with Gasteiger partial charge in [-0.3, -0.25) is 4.79 Å². The Kier molecular flexibility index (Phi) is 3.51. The van der Waals surface area contributed by atoms with Crippen molar-refractivity contribution in [3.8, 4) is 0 Å². The van der Waals surface area contributed by atoms with Crippen molar-refractivity contribution in [3.63, 3.8) is 0 Å². The van der Waals surface area contributed by atoms with Crippen LogP contribution in [0.25, 0.3) is 0 Å². The van der Waals surface area contributed by atoms with Gasteiger partial charge in [0.05, 0.1) is 0 Å². The fraction of sp³-hybridized carbons (Fsp3) is 0.375. The molecule has 11 heavy (non-hydrogen) atoms. The van der Waals surface area contributed by atoms with Gasteiger partial charge in [-0.2, -0.15) is 0 Å². The fourth-order valence-electron chi connectivity index (χ4n) is 0.668. The van der Waals surface area contributed by atoms with Gasteiger partial charge in [0.1, 0.15) is 0 Å². The molecule has 0 aliphatic rings. The lowest BCUT2D eigenvalue weighted by Gasteiger charge is -2.20. The van der Waals surface area contributed by atoms with Crippen molar-refractivity contribution in [1.82, 2.24) is 4.90 Å². The number of carbonyl (C=O) groups is 1. The Labute approximate surface area is 66.0 Å². The van der Waals surface area contributed by atoms with Crippen molar-refractivity contribution in [2.75, 3.05) is 0 Å². The highest BCUT2D eigenvalue weighted by Gasteiger charge is 2.16. The van der Waals surface area contributed by atoms with E-state index in [0.29, 0.717) is 0 Å². The first-order chi connectivity index (χ1) is 5.00. The van der Waals surface area contributed by atoms with E-state index in [9.17, 15) is 9.18 Å². The van der Waals surface area contributed by atoms with E-state index in [1.165, 1.54) is 11.1 Å². The molecule has 1 amide bonds. The van der Waals surface area contributed by atoms with Crippen LogP contribution in [0.5, 0.6) is 0 Å². The molecule has 62 valence electrons. The van der Waals surface area contributed by atoms with E-state index >= 15 is 0 Å². The van der Waals surface area contributed by atoms with Crippen LogP contribution < -0.4 is 0 Å². The standard InChI is InChI=1S/C8H12FNO/c1-5-10(6(2)3)8(11)7(4)9/h5-6H,1,4H2,2-3H3. The lowest BCUT2D eigenvalue weighted by atomic mass is 10.3. The molecule has 0 saturated carbocycles. The Morgan fingerprint density at radius 3 is 2.18 bits per heavy atom. The van der Waals surface area contributed by atoms with E-state index in [1.54, 1.807) is 13.8 Å². The number of rotatable bonds is 3. The van der Waals surface area contributed by atoms with Gasteiger partial charge in [0, 0.05) is 12.2 Å². The van der Waals surface area contributed by atoms with E-state index in [1.807, 2.05) is 0 Å².